The Kier molecular flexibility index (Phi) is 12.9. The van der Waals surface area contributed by atoms with Gasteiger partial charge in [-0.2, -0.15) is 0 Å². The van der Waals surface area contributed by atoms with Crippen molar-refractivity contribution in [3.8, 4) is 0 Å². The van der Waals surface area contributed by atoms with Crippen molar-refractivity contribution in [2.75, 3.05) is 0 Å². The summed E-state index contributed by atoms with van der Waals surface area (Å²) >= 11 is 0. The van der Waals surface area contributed by atoms with Crippen molar-refractivity contribution >= 4 is 12.2 Å². The van der Waals surface area contributed by atoms with E-state index < -0.39 is 0 Å². The SMILES string of the molecule is C=Cc1ccccc1C=C.CC(C)C.CC(C)C. The summed E-state index contributed by atoms with van der Waals surface area (Å²) in [7, 11) is 0. The molecule has 0 heteroatoms. The topological polar surface area (TPSA) is 0 Å². The first kappa shape index (κ1) is 19.0. The molecule has 0 saturated heterocycles. The van der Waals surface area contributed by atoms with E-state index in [0.717, 1.165) is 23.0 Å². The van der Waals surface area contributed by atoms with Crippen LogP contribution in [0.5, 0.6) is 0 Å². The van der Waals surface area contributed by atoms with Gasteiger partial charge in [-0.3, -0.25) is 0 Å². The molecule has 0 N–H and O–H groups in total. The second-order valence-electron chi connectivity index (χ2n) is 5.50. The molecule has 1 rings (SSSR count). The molecule has 0 atom stereocenters. The van der Waals surface area contributed by atoms with E-state index >= 15 is 0 Å². The van der Waals surface area contributed by atoms with Crippen LogP contribution in [0, 0.1) is 11.8 Å². The van der Waals surface area contributed by atoms with Crippen LogP contribution in [0.25, 0.3) is 12.2 Å². The van der Waals surface area contributed by atoms with Gasteiger partial charge in [0.15, 0.2) is 0 Å². The van der Waals surface area contributed by atoms with E-state index in [4.69, 9.17) is 0 Å². The Morgan fingerprint density at radius 3 is 1.11 bits per heavy atom. The van der Waals surface area contributed by atoms with Crippen LogP contribution >= 0.6 is 0 Å². The molecule has 18 heavy (non-hydrogen) atoms. The lowest BCUT2D eigenvalue weighted by Crippen LogP contribution is -1.76. The van der Waals surface area contributed by atoms with E-state index in [1.165, 1.54) is 0 Å². The fourth-order valence-corrected chi connectivity index (χ4v) is 0.883. The molecule has 0 aliphatic carbocycles. The number of hydrogen-bond acceptors (Lipinski definition) is 0. The summed E-state index contributed by atoms with van der Waals surface area (Å²) in [5, 5.41) is 0. The summed E-state index contributed by atoms with van der Waals surface area (Å²) in [5.74, 6) is 1.67. The van der Waals surface area contributed by atoms with Gasteiger partial charge in [0.25, 0.3) is 0 Å². The normalized spacial score (nSPS) is 8.89. The van der Waals surface area contributed by atoms with Crippen molar-refractivity contribution in [1.29, 1.82) is 0 Å². The Bertz CT molecular complexity index is 280. The Labute approximate surface area is 114 Å². The van der Waals surface area contributed by atoms with Gasteiger partial charge in [0.05, 0.1) is 0 Å². The van der Waals surface area contributed by atoms with E-state index in [1.807, 2.05) is 36.4 Å². The number of rotatable bonds is 2. The first-order valence-electron chi connectivity index (χ1n) is 6.69. The molecule has 0 radical (unpaired) electrons. The Morgan fingerprint density at radius 2 is 0.944 bits per heavy atom. The van der Waals surface area contributed by atoms with Crippen LogP contribution in [0.2, 0.25) is 0 Å². The second kappa shape index (κ2) is 12.2. The van der Waals surface area contributed by atoms with Crippen molar-refractivity contribution in [2.24, 2.45) is 11.8 Å². The maximum absolute atomic E-state index is 3.69. The fourth-order valence-electron chi connectivity index (χ4n) is 0.883. The van der Waals surface area contributed by atoms with Crippen molar-refractivity contribution in [3.05, 3.63) is 48.6 Å². The minimum atomic E-state index is 0.833. The lowest BCUT2D eigenvalue weighted by atomic mass is 10.1. The van der Waals surface area contributed by atoms with Gasteiger partial charge in [0, 0.05) is 0 Å². The molecule has 0 aliphatic heterocycles. The molecule has 0 aromatic heterocycles. The highest BCUT2D eigenvalue weighted by Crippen LogP contribution is 2.10. The van der Waals surface area contributed by atoms with Crippen molar-refractivity contribution in [1.82, 2.24) is 0 Å². The molecule has 0 fully saturated rings. The molecule has 0 spiro atoms. The van der Waals surface area contributed by atoms with Gasteiger partial charge in [-0.15, -0.1) is 0 Å². The molecule has 0 aliphatic rings. The van der Waals surface area contributed by atoms with Crippen LogP contribution in [0.15, 0.2) is 37.4 Å². The molecule has 0 saturated carbocycles. The molecular formula is C18H30. The first-order valence-corrected chi connectivity index (χ1v) is 6.69. The third-order valence-electron chi connectivity index (χ3n) is 1.44. The summed E-state index contributed by atoms with van der Waals surface area (Å²) < 4.78 is 0. The molecular weight excluding hydrogens is 216 g/mol. The van der Waals surface area contributed by atoms with Gasteiger partial charge in [-0.25, -0.2) is 0 Å². The van der Waals surface area contributed by atoms with E-state index in [1.54, 1.807) is 0 Å². The highest BCUT2D eigenvalue weighted by Gasteiger charge is 1.89. The largest absolute Gasteiger partial charge is 0.0984 e. The molecule has 0 bridgehead atoms. The molecule has 0 heterocycles. The summed E-state index contributed by atoms with van der Waals surface area (Å²) in [5.41, 5.74) is 2.27. The van der Waals surface area contributed by atoms with E-state index in [0.29, 0.717) is 0 Å². The van der Waals surface area contributed by atoms with Gasteiger partial charge < -0.3 is 0 Å². The highest BCUT2D eigenvalue weighted by atomic mass is 13.9. The van der Waals surface area contributed by atoms with Crippen LogP contribution in [0.1, 0.15) is 52.7 Å². The fraction of sp³-hybridized carbons (Fsp3) is 0.444. The van der Waals surface area contributed by atoms with Gasteiger partial charge in [-0.05, 0) is 23.0 Å². The molecule has 0 amide bonds. The molecule has 1 aromatic rings. The highest BCUT2D eigenvalue weighted by molar-refractivity contribution is 5.63. The van der Waals surface area contributed by atoms with Crippen molar-refractivity contribution in [2.45, 2.75) is 41.5 Å². The third-order valence-corrected chi connectivity index (χ3v) is 1.44. The monoisotopic (exact) mass is 246 g/mol. The molecule has 1 aromatic carbocycles. The Hall–Kier alpha value is -1.30. The van der Waals surface area contributed by atoms with Gasteiger partial charge in [0.2, 0.25) is 0 Å². The maximum Gasteiger partial charge on any atom is -0.0190 e. The van der Waals surface area contributed by atoms with E-state index in [-0.39, 0.29) is 0 Å². The standard InChI is InChI=1S/C10H10.2C4H10/c1-3-9-7-5-6-8-10(9)4-2;2*1-4(2)3/h3-8H,1-2H2;2*4H,1-3H3. The predicted molar refractivity (Wildman–Crippen MR) is 87.6 cm³/mol. The summed E-state index contributed by atoms with van der Waals surface area (Å²) in [6.45, 7) is 20.4. The van der Waals surface area contributed by atoms with Gasteiger partial charge in [-0.1, -0.05) is 91.1 Å². The van der Waals surface area contributed by atoms with Crippen molar-refractivity contribution in [3.63, 3.8) is 0 Å². The first-order chi connectivity index (χ1) is 8.34. The zero-order chi connectivity index (χ0) is 14.6. The number of hydrogen-bond donors (Lipinski definition) is 0. The molecule has 0 unspecified atom stereocenters. The van der Waals surface area contributed by atoms with Crippen LogP contribution in [0.3, 0.4) is 0 Å². The molecule has 0 nitrogen and oxygen atoms in total. The smallest absolute Gasteiger partial charge is 0.0190 e. The van der Waals surface area contributed by atoms with E-state index in [9.17, 15) is 0 Å². The number of benzene rings is 1. The predicted octanol–water partition coefficient (Wildman–Crippen LogP) is 6.30. The maximum atomic E-state index is 3.69. The van der Waals surface area contributed by atoms with Crippen LogP contribution in [0.4, 0.5) is 0 Å². The minimum Gasteiger partial charge on any atom is -0.0984 e. The average Bonchev–Trinajstić information content (AvgIpc) is 2.27. The van der Waals surface area contributed by atoms with Crippen LogP contribution in [-0.4, -0.2) is 0 Å². The van der Waals surface area contributed by atoms with E-state index in [2.05, 4.69) is 54.7 Å². The quantitative estimate of drug-likeness (QED) is 0.574. The van der Waals surface area contributed by atoms with Crippen molar-refractivity contribution < 1.29 is 0 Å². The Balaban J connectivity index is 0. The Morgan fingerprint density at radius 1 is 0.722 bits per heavy atom. The average molecular weight is 246 g/mol. The summed E-state index contributed by atoms with van der Waals surface area (Å²) in [4.78, 5) is 0. The van der Waals surface area contributed by atoms with Gasteiger partial charge >= 0.3 is 0 Å². The lowest BCUT2D eigenvalue weighted by molar-refractivity contribution is 0.736. The van der Waals surface area contributed by atoms with Crippen LogP contribution in [-0.2, 0) is 0 Å². The van der Waals surface area contributed by atoms with Gasteiger partial charge in [0.1, 0.15) is 0 Å². The molecule has 102 valence electrons. The summed E-state index contributed by atoms with van der Waals surface area (Å²) in [6, 6.07) is 8.02. The zero-order valence-electron chi connectivity index (χ0n) is 13.0. The second-order valence-corrected chi connectivity index (χ2v) is 5.50. The van der Waals surface area contributed by atoms with Crippen LogP contribution < -0.4 is 0 Å². The third kappa shape index (κ3) is 14.7. The lowest BCUT2D eigenvalue weighted by Gasteiger charge is -1.96. The minimum absolute atomic E-state index is 0.833. The summed E-state index contributed by atoms with van der Waals surface area (Å²) in [6.07, 6.45) is 3.66. The zero-order valence-corrected chi connectivity index (χ0v) is 13.0.